The maximum atomic E-state index is 5.63. The Balaban J connectivity index is 2.47. The van der Waals surface area contributed by atoms with Crippen molar-refractivity contribution in [3.63, 3.8) is 0 Å². The van der Waals surface area contributed by atoms with Crippen LogP contribution in [-0.2, 0) is 11.2 Å². The van der Waals surface area contributed by atoms with E-state index in [1.807, 2.05) is 37.3 Å². The Labute approximate surface area is 126 Å². The summed E-state index contributed by atoms with van der Waals surface area (Å²) in [5.41, 5.74) is 3.24. The molecule has 0 aliphatic carbocycles. The van der Waals surface area contributed by atoms with E-state index in [9.17, 15) is 0 Å². The molecule has 0 fully saturated rings. The number of aryl methyl sites for hydroxylation is 1. The summed E-state index contributed by atoms with van der Waals surface area (Å²) < 4.78 is 5.63. The summed E-state index contributed by atoms with van der Waals surface area (Å²) in [4.78, 5) is 9.35. The average Bonchev–Trinajstić information content (AvgIpc) is 2.49. The Bertz CT molecular complexity index is 584. The molecular weight excluding hydrogens is 262 g/mol. The molecule has 0 saturated heterocycles. The number of aromatic nitrogens is 2. The average molecular weight is 285 g/mol. The van der Waals surface area contributed by atoms with E-state index in [0.717, 1.165) is 30.0 Å². The molecule has 0 radical (unpaired) electrons. The van der Waals surface area contributed by atoms with Crippen LogP contribution in [-0.4, -0.2) is 23.6 Å². The normalized spacial score (nSPS) is 12.2. The summed E-state index contributed by atoms with van der Waals surface area (Å²) in [5.74, 6) is 1.62. The second-order valence-electron chi connectivity index (χ2n) is 4.90. The maximum Gasteiger partial charge on any atom is 0.164 e. The number of nitrogens with zero attached hydrogens (tertiary/aromatic N) is 2. The molecule has 0 aliphatic heterocycles. The number of hydrogen-bond donors (Lipinski definition) is 1. The maximum absolute atomic E-state index is 5.63. The smallest absolute Gasteiger partial charge is 0.164 e. The summed E-state index contributed by atoms with van der Waals surface area (Å²) in [6.45, 7) is 7.06. The zero-order chi connectivity index (χ0) is 15.2. The van der Waals surface area contributed by atoms with Crippen LogP contribution in [0.25, 0.3) is 0 Å². The third-order valence-electron chi connectivity index (χ3n) is 3.50. The van der Waals surface area contributed by atoms with Gasteiger partial charge in [0.05, 0.1) is 0 Å². The van der Waals surface area contributed by atoms with E-state index >= 15 is 0 Å². The highest BCUT2D eigenvalue weighted by Gasteiger charge is 2.19. The van der Waals surface area contributed by atoms with E-state index in [-0.39, 0.29) is 6.10 Å². The highest BCUT2D eigenvalue weighted by molar-refractivity contribution is 5.47. The van der Waals surface area contributed by atoms with E-state index in [0.29, 0.717) is 5.82 Å². The van der Waals surface area contributed by atoms with Crippen molar-refractivity contribution in [2.45, 2.75) is 33.3 Å². The van der Waals surface area contributed by atoms with E-state index in [4.69, 9.17) is 9.72 Å². The fourth-order valence-electron chi connectivity index (χ4n) is 2.49. The number of rotatable bonds is 6. The molecule has 0 amide bonds. The fraction of sp³-hybridized carbons (Fsp3) is 0.412. The topological polar surface area (TPSA) is 47.0 Å². The van der Waals surface area contributed by atoms with Crippen LogP contribution >= 0.6 is 0 Å². The third-order valence-corrected chi connectivity index (χ3v) is 3.50. The van der Waals surface area contributed by atoms with E-state index in [1.54, 1.807) is 7.11 Å². The van der Waals surface area contributed by atoms with Gasteiger partial charge < -0.3 is 10.1 Å². The molecule has 1 unspecified atom stereocenters. The minimum Gasteiger partial charge on any atom is -0.370 e. The van der Waals surface area contributed by atoms with Crippen LogP contribution in [0, 0.1) is 6.92 Å². The fourth-order valence-corrected chi connectivity index (χ4v) is 2.49. The molecule has 0 aliphatic rings. The van der Waals surface area contributed by atoms with Crippen molar-refractivity contribution < 1.29 is 4.74 Å². The van der Waals surface area contributed by atoms with Gasteiger partial charge >= 0.3 is 0 Å². The molecule has 1 atom stereocenters. The Morgan fingerprint density at radius 1 is 1.14 bits per heavy atom. The van der Waals surface area contributed by atoms with Crippen LogP contribution in [0.5, 0.6) is 0 Å². The number of benzene rings is 1. The lowest BCUT2D eigenvalue weighted by Gasteiger charge is -2.18. The number of nitrogens with one attached hydrogen (secondary N) is 1. The van der Waals surface area contributed by atoms with Gasteiger partial charge in [0.25, 0.3) is 0 Å². The number of ether oxygens (including phenoxy) is 1. The molecular formula is C17H23N3O. The van der Waals surface area contributed by atoms with Gasteiger partial charge in [0.2, 0.25) is 0 Å². The lowest BCUT2D eigenvalue weighted by atomic mass is 10.1. The number of anilines is 1. The predicted molar refractivity (Wildman–Crippen MR) is 85.6 cm³/mol. The summed E-state index contributed by atoms with van der Waals surface area (Å²) >= 11 is 0. The molecule has 1 heterocycles. The second kappa shape index (κ2) is 7.18. The third kappa shape index (κ3) is 3.39. The first-order valence-electron chi connectivity index (χ1n) is 7.40. The van der Waals surface area contributed by atoms with Crippen molar-refractivity contribution in [3.8, 4) is 0 Å². The van der Waals surface area contributed by atoms with Gasteiger partial charge in [-0.15, -0.1) is 0 Å². The SMILES string of the molecule is CCNc1nc(C(OC)c2ccccc2)nc(C)c1CC. The molecule has 2 aromatic rings. The molecule has 1 N–H and O–H groups in total. The molecule has 4 nitrogen and oxygen atoms in total. The van der Waals surface area contributed by atoms with Crippen molar-refractivity contribution in [2.75, 3.05) is 19.0 Å². The molecule has 4 heteroatoms. The van der Waals surface area contributed by atoms with Gasteiger partial charge in [0.1, 0.15) is 11.9 Å². The van der Waals surface area contributed by atoms with E-state index in [1.165, 1.54) is 5.56 Å². The number of methoxy groups -OCH3 is 1. The summed E-state index contributed by atoms with van der Waals surface area (Å²) in [5, 5.41) is 3.33. The molecule has 2 rings (SSSR count). The lowest BCUT2D eigenvalue weighted by molar-refractivity contribution is 0.129. The monoisotopic (exact) mass is 285 g/mol. The summed E-state index contributed by atoms with van der Waals surface area (Å²) in [6.07, 6.45) is 0.672. The Morgan fingerprint density at radius 3 is 2.43 bits per heavy atom. The van der Waals surface area contributed by atoms with Gasteiger partial charge in [-0.3, -0.25) is 0 Å². The standard InChI is InChI=1S/C17H23N3O/c1-5-14-12(3)19-17(20-16(14)18-6-2)15(21-4)13-10-8-7-9-11-13/h7-11,15H,5-6H2,1-4H3,(H,18,19,20). The zero-order valence-corrected chi connectivity index (χ0v) is 13.2. The zero-order valence-electron chi connectivity index (χ0n) is 13.2. The van der Waals surface area contributed by atoms with Gasteiger partial charge in [-0.2, -0.15) is 0 Å². The van der Waals surface area contributed by atoms with Crippen LogP contribution in [0.15, 0.2) is 30.3 Å². The lowest BCUT2D eigenvalue weighted by Crippen LogP contribution is -2.14. The first kappa shape index (κ1) is 15.4. The first-order chi connectivity index (χ1) is 10.2. The Kier molecular flexibility index (Phi) is 5.28. The predicted octanol–water partition coefficient (Wildman–Crippen LogP) is 3.52. The Hall–Kier alpha value is -1.94. The highest BCUT2D eigenvalue weighted by atomic mass is 16.5. The minimum atomic E-state index is -0.242. The van der Waals surface area contributed by atoms with Crippen molar-refractivity contribution in [3.05, 3.63) is 53.0 Å². The van der Waals surface area contributed by atoms with E-state index < -0.39 is 0 Å². The molecule has 0 bridgehead atoms. The molecule has 21 heavy (non-hydrogen) atoms. The quantitative estimate of drug-likeness (QED) is 0.882. The van der Waals surface area contributed by atoms with Gasteiger partial charge in [-0.25, -0.2) is 9.97 Å². The van der Waals surface area contributed by atoms with Gasteiger partial charge in [0.15, 0.2) is 5.82 Å². The van der Waals surface area contributed by atoms with Crippen molar-refractivity contribution >= 4 is 5.82 Å². The molecule has 0 spiro atoms. The first-order valence-corrected chi connectivity index (χ1v) is 7.40. The second-order valence-corrected chi connectivity index (χ2v) is 4.90. The Morgan fingerprint density at radius 2 is 1.86 bits per heavy atom. The van der Waals surface area contributed by atoms with Gasteiger partial charge in [0, 0.05) is 24.9 Å². The van der Waals surface area contributed by atoms with Gasteiger partial charge in [-0.05, 0) is 25.8 Å². The molecule has 1 aromatic heterocycles. The van der Waals surface area contributed by atoms with E-state index in [2.05, 4.69) is 24.1 Å². The molecule has 112 valence electrons. The minimum absolute atomic E-state index is 0.242. The van der Waals surface area contributed by atoms with Crippen LogP contribution in [0.2, 0.25) is 0 Å². The summed E-state index contributed by atoms with van der Waals surface area (Å²) in [7, 11) is 1.69. The van der Waals surface area contributed by atoms with Crippen molar-refractivity contribution in [1.29, 1.82) is 0 Å². The van der Waals surface area contributed by atoms with Crippen LogP contribution in [0.4, 0.5) is 5.82 Å². The summed E-state index contributed by atoms with van der Waals surface area (Å²) in [6, 6.07) is 10.1. The molecule has 0 saturated carbocycles. The van der Waals surface area contributed by atoms with Crippen LogP contribution < -0.4 is 5.32 Å². The molecule has 1 aromatic carbocycles. The van der Waals surface area contributed by atoms with Crippen molar-refractivity contribution in [2.24, 2.45) is 0 Å². The largest absolute Gasteiger partial charge is 0.370 e. The van der Waals surface area contributed by atoms with Crippen LogP contribution in [0.3, 0.4) is 0 Å². The van der Waals surface area contributed by atoms with Crippen molar-refractivity contribution in [1.82, 2.24) is 9.97 Å². The van der Waals surface area contributed by atoms with Gasteiger partial charge in [-0.1, -0.05) is 37.3 Å². The highest BCUT2D eigenvalue weighted by Crippen LogP contribution is 2.26. The van der Waals surface area contributed by atoms with Crippen LogP contribution in [0.1, 0.15) is 42.6 Å². The number of hydrogen-bond acceptors (Lipinski definition) is 4.